The van der Waals surface area contributed by atoms with Gasteiger partial charge in [0.25, 0.3) is 0 Å². The lowest BCUT2D eigenvalue weighted by Gasteiger charge is -2.10. The number of rotatable bonds is 5. The van der Waals surface area contributed by atoms with E-state index in [1.54, 1.807) is 24.3 Å². The fraction of sp³-hybridized carbons (Fsp3) is 0.316. The van der Waals surface area contributed by atoms with E-state index < -0.39 is 32.4 Å². The number of carboxylic acids is 1. The van der Waals surface area contributed by atoms with Crippen LogP contribution < -0.4 is 5.73 Å². The third kappa shape index (κ3) is 2.65. The summed E-state index contributed by atoms with van der Waals surface area (Å²) in [7, 11) is -3.82. The lowest BCUT2D eigenvalue weighted by Crippen LogP contribution is -2.31. The number of sulfone groups is 1. The van der Waals surface area contributed by atoms with Gasteiger partial charge in [0.2, 0.25) is 0 Å². The second-order valence-corrected chi connectivity index (χ2v) is 8.79. The molecule has 0 heterocycles. The van der Waals surface area contributed by atoms with Gasteiger partial charge < -0.3 is 10.8 Å². The maximum absolute atomic E-state index is 13.1. The van der Waals surface area contributed by atoms with E-state index in [1.807, 2.05) is 26.0 Å². The molecule has 0 radical (unpaired) electrons. The molecule has 0 unspecified atom stereocenters. The molecule has 2 aromatic rings. The number of hydrogen-bond donors (Lipinski definition) is 2. The molecule has 1 fully saturated rings. The Labute approximate surface area is 147 Å². The molecule has 25 heavy (non-hydrogen) atoms. The molecule has 0 amide bonds. The molecule has 0 saturated heterocycles. The topological polar surface area (TPSA) is 97.5 Å². The highest BCUT2D eigenvalue weighted by molar-refractivity contribution is 7.92. The maximum atomic E-state index is 13.1. The minimum absolute atomic E-state index is 0.136. The molecular weight excluding hydrogens is 338 g/mol. The number of nitrogens with two attached hydrogens (primary N) is 1. The van der Waals surface area contributed by atoms with Gasteiger partial charge in [0.05, 0.1) is 10.1 Å². The average molecular weight is 359 g/mol. The average Bonchev–Trinajstić information content (AvgIpc) is 3.27. The zero-order valence-corrected chi connectivity index (χ0v) is 15.0. The minimum Gasteiger partial charge on any atom is -0.481 e. The zero-order chi connectivity index (χ0) is 18.4. The van der Waals surface area contributed by atoms with E-state index in [4.69, 9.17) is 5.73 Å². The van der Waals surface area contributed by atoms with Crippen LogP contribution in [0.15, 0.2) is 53.4 Å². The van der Waals surface area contributed by atoms with Crippen LogP contribution in [0.2, 0.25) is 0 Å². The Kier molecular flexibility index (Phi) is 4.21. The van der Waals surface area contributed by atoms with Crippen LogP contribution in [0.25, 0.3) is 0 Å². The molecule has 1 aliphatic carbocycles. The fourth-order valence-electron chi connectivity index (χ4n) is 3.57. The first kappa shape index (κ1) is 17.6. The predicted octanol–water partition coefficient (Wildman–Crippen LogP) is 2.27. The van der Waals surface area contributed by atoms with Crippen molar-refractivity contribution in [3.05, 3.63) is 65.2 Å². The normalized spacial score (nSPS) is 25.6. The van der Waals surface area contributed by atoms with Crippen LogP contribution in [-0.2, 0) is 14.6 Å². The van der Waals surface area contributed by atoms with E-state index in [-0.39, 0.29) is 11.4 Å². The molecule has 2 aromatic carbocycles. The van der Waals surface area contributed by atoms with E-state index in [0.29, 0.717) is 5.56 Å². The number of aliphatic carboxylic acids is 1. The van der Waals surface area contributed by atoms with Crippen molar-refractivity contribution in [2.75, 3.05) is 6.54 Å². The van der Waals surface area contributed by atoms with Crippen molar-refractivity contribution in [1.29, 1.82) is 0 Å². The summed E-state index contributed by atoms with van der Waals surface area (Å²) in [6, 6.07) is 13.8. The molecule has 1 aliphatic rings. The Morgan fingerprint density at radius 1 is 1.04 bits per heavy atom. The molecule has 132 valence electrons. The van der Waals surface area contributed by atoms with Crippen molar-refractivity contribution in [3.63, 3.8) is 0 Å². The molecule has 3 atom stereocenters. The second kappa shape index (κ2) is 5.97. The smallest absolute Gasteiger partial charge is 0.312 e. The van der Waals surface area contributed by atoms with Crippen LogP contribution in [-0.4, -0.2) is 31.3 Å². The van der Waals surface area contributed by atoms with Gasteiger partial charge in [-0.15, -0.1) is 0 Å². The van der Waals surface area contributed by atoms with Crippen LogP contribution in [0.4, 0.5) is 0 Å². The van der Waals surface area contributed by atoms with Gasteiger partial charge in [-0.3, -0.25) is 4.79 Å². The number of carbonyl (C=O) groups is 1. The number of carboxylic acid groups (broad SMARTS) is 1. The zero-order valence-electron chi connectivity index (χ0n) is 14.1. The minimum atomic E-state index is -3.82. The quantitative estimate of drug-likeness (QED) is 0.853. The first-order chi connectivity index (χ1) is 11.7. The van der Waals surface area contributed by atoms with E-state index in [9.17, 15) is 18.3 Å². The highest BCUT2D eigenvalue weighted by Gasteiger charge is 2.75. The Balaban J connectivity index is 2.10. The Morgan fingerprint density at radius 3 is 1.96 bits per heavy atom. The van der Waals surface area contributed by atoms with E-state index >= 15 is 0 Å². The standard InChI is InChI=1S/C19H21NO4S/c1-12-3-7-14(8-4-12)16-17(19(16,11-20)18(21)22)25(23,24)15-9-5-13(2)6-10-15/h3-10,16-17H,11,20H2,1-2H3,(H,21,22)/t16-,17-,19+/m1/s1. The fourth-order valence-corrected chi connectivity index (χ4v) is 5.95. The summed E-state index contributed by atoms with van der Waals surface area (Å²) in [5.41, 5.74) is 6.94. The first-order valence-corrected chi connectivity index (χ1v) is 9.60. The van der Waals surface area contributed by atoms with Crippen molar-refractivity contribution in [2.45, 2.75) is 29.9 Å². The summed E-state index contributed by atoms with van der Waals surface area (Å²) in [6.45, 7) is 3.56. The maximum Gasteiger partial charge on any atom is 0.312 e. The first-order valence-electron chi connectivity index (χ1n) is 8.05. The summed E-state index contributed by atoms with van der Waals surface area (Å²) in [4.78, 5) is 12.1. The second-order valence-electron chi connectivity index (χ2n) is 6.72. The van der Waals surface area contributed by atoms with Gasteiger partial charge in [-0.1, -0.05) is 47.5 Å². The van der Waals surface area contributed by atoms with Crippen molar-refractivity contribution in [3.8, 4) is 0 Å². The van der Waals surface area contributed by atoms with Crippen molar-refractivity contribution in [2.24, 2.45) is 11.1 Å². The van der Waals surface area contributed by atoms with Crippen LogP contribution >= 0.6 is 0 Å². The van der Waals surface area contributed by atoms with Crippen LogP contribution in [0, 0.1) is 19.3 Å². The van der Waals surface area contributed by atoms with Crippen LogP contribution in [0.1, 0.15) is 22.6 Å². The lowest BCUT2D eigenvalue weighted by molar-refractivity contribution is -0.143. The third-order valence-corrected chi connectivity index (χ3v) is 7.40. The van der Waals surface area contributed by atoms with Crippen molar-refractivity contribution in [1.82, 2.24) is 0 Å². The summed E-state index contributed by atoms with van der Waals surface area (Å²) in [5.74, 6) is -1.82. The van der Waals surface area contributed by atoms with Gasteiger partial charge in [-0.25, -0.2) is 8.42 Å². The van der Waals surface area contributed by atoms with Gasteiger partial charge in [-0.05, 0) is 31.5 Å². The van der Waals surface area contributed by atoms with Gasteiger partial charge >= 0.3 is 5.97 Å². The molecular formula is C19H21NO4S. The van der Waals surface area contributed by atoms with E-state index in [2.05, 4.69) is 0 Å². The summed E-state index contributed by atoms with van der Waals surface area (Å²) in [5, 5.41) is 8.71. The third-order valence-electron chi connectivity index (χ3n) is 5.11. The Morgan fingerprint density at radius 2 is 1.52 bits per heavy atom. The summed E-state index contributed by atoms with van der Waals surface area (Å²) in [6.07, 6.45) is 0. The van der Waals surface area contributed by atoms with Crippen molar-refractivity contribution >= 4 is 15.8 Å². The molecule has 1 saturated carbocycles. The van der Waals surface area contributed by atoms with Gasteiger partial charge in [0, 0.05) is 12.5 Å². The summed E-state index contributed by atoms with van der Waals surface area (Å²) >= 11 is 0. The van der Waals surface area contributed by atoms with Gasteiger partial charge in [0.15, 0.2) is 9.84 Å². The van der Waals surface area contributed by atoms with Gasteiger partial charge in [-0.2, -0.15) is 0 Å². The number of aryl methyl sites for hydroxylation is 2. The molecule has 0 aromatic heterocycles. The monoisotopic (exact) mass is 359 g/mol. The summed E-state index contributed by atoms with van der Waals surface area (Å²) < 4.78 is 26.2. The molecule has 3 N–H and O–H groups in total. The highest BCUT2D eigenvalue weighted by atomic mass is 32.2. The number of hydrogen-bond acceptors (Lipinski definition) is 4. The SMILES string of the molecule is Cc1ccc([C@@H]2[C@@H](S(=O)(=O)c3ccc(C)cc3)[C@@]2(CN)C(=O)O)cc1. The number of benzene rings is 2. The molecule has 5 nitrogen and oxygen atoms in total. The predicted molar refractivity (Wildman–Crippen MR) is 95.2 cm³/mol. The van der Waals surface area contributed by atoms with E-state index in [1.165, 1.54) is 12.1 Å². The molecule has 0 aliphatic heterocycles. The van der Waals surface area contributed by atoms with Crippen LogP contribution in [0.3, 0.4) is 0 Å². The Hall–Kier alpha value is -2.18. The van der Waals surface area contributed by atoms with Crippen molar-refractivity contribution < 1.29 is 18.3 Å². The molecule has 6 heteroatoms. The Bertz CT molecular complexity index is 903. The molecule has 0 spiro atoms. The van der Waals surface area contributed by atoms with Crippen LogP contribution in [0.5, 0.6) is 0 Å². The largest absolute Gasteiger partial charge is 0.481 e. The molecule has 0 bridgehead atoms. The molecule has 3 rings (SSSR count). The van der Waals surface area contributed by atoms with E-state index in [0.717, 1.165) is 11.1 Å². The van der Waals surface area contributed by atoms with Gasteiger partial charge in [0.1, 0.15) is 5.41 Å². The highest BCUT2D eigenvalue weighted by Crippen LogP contribution is 2.63. The lowest BCUT2D eigenvalue weighted by atomic mass is 9.99.